The fraction of sp³-hybridized carbons (Fsp3) is 0.111. The Labute approximate surface area is 519 Å². The molecule has 1 aliphatic rings. The number of rotatable bonds is 12. The van der Waals surface area contributed by atoms with E-state index >= 15 is 0 Å². The van der Waals surface area contributed by atoms with Crippen molar-refractivity contribution in [3.05, 3.63) is 334 Å². The molecule has 0 radical (unpaired) electrons. The zero-order valence-corrected chi connectivity index (χ0v) is 52.0. The standard InChI is InChI=1S/C81H66Br2N2/c1-79(2,3)60-50-71(55-26-12-7-13-27-55)77(72(51-60)56-28-14-8-15-29-56)84(65-44-40-63(82)41-45-65)67-48-62(81(59-34-20-11-21-35-59)75-38-24-22-36-69(75)70-37-23-25-39-76(70)81)49-68(54-67)85(66-46-42-64(83)43-47-66)78-73(57-30-16-9-17-31-57)52-61(80(4,5)6)53-74(78)58-32-18-10-19-33-58/h7-54H,1-6H3. The van der Waals surface area contributed by atoms with E-state index in [0.717, 1.165) is 93.1 Å². The van der Waals surface area contributed by atoms with Gasteiger partial charge in [0, 0.05) is 53.9 Å². The van der Waals surface area contributed by atoms with E-state index in [0.29, 0.717) is 0 Å². The van der Waals surface area contributed by atoms with Crippen molar-refractivity contribution in [1.29, 1.82) is 0 Å². The molecule has 0 saturated heterocycles. The van der Waals surface area contributed by atoms with Crippen molar-refractivity contribution in [3.63, 3.8) is 0 Å². The fourth-order valence-electron chi connectivity index (χ4n) is 12.7. The first-order valence-corrected chi connectivity index (χ1v) is 30.9. The maximum atomic E-state index is 3.89. The molecule has 0 atom stereocenters. The Morgan fingerprint density at radius 3 is 0.882 bits per heavy atom. The van der Waals surface area contributed by atoms with Crippen molar-refractivity contribution >= 4 is 66.0 Å². The van der Waals surface area contributed by atoms with E-state index in [9.17, 15) is 0 Å². The molecule has 12 aromatic rings. The van der Waals surface area contributed by atoms with Gasteiger partial charge in [0.05, 0.1) is 16.8 Å². The summed E-state index contributed by atoms with van der Waals surface area (Å²) < 4.78 is 2.01. The molecule has 4 heteroatoms. The minimum Gasteiger partial charge on any atom is -0.309 e. The number of hydrogen-bond acceptors (Lipinski definition) is 2. The van der Waals surface area contributed by atoms with E-state index in [1.807, 2.05) is 0 Å². The summed E-state index contributed by atoms with van der Waals surface area (Å²) in [7, 11) is 0. The Morgan fingerprint density at radius 1 is 0.271 bits per heavy atom. The van der Waals surface area contributed by atoms with Gasteiger partial charge in [-0.05, 0) is 169 Å². The summed E-state index contributed by atoms with van der Waals surface area (Å²) in [5.74, 6) is 0. The summed E-state index contributed by atoms with van der Waals surface area (Å²) in [6.45, 7) is 14.0. The van der Waals surface area contributed by atoms with Gasteiger partial charge in [-0.15, -0.1) is 0 Å². The third kappa shape index (κ3) is 10.4. The highest BCUT2D eigenvalue weighted by Crippen LogP contribution is 2.59. The molecule has 0 aromatic heterocycles. The van der Waals surface area contributed by atoms with Crippen molar-refractivity contribution in [1.82, 2.24) is 0 Å². The zero-order chi connectivity index (χ0) is 58.5. The molecule has 85 heavy (non-hydrogen) atoms. The number of nitrogens with zero attached hydrogens (tertiary/aromatic N) is 2. The normalized spacial score (nSPS) is 12.6. The molecule has 0 aliphatic heterocycles. The van der Waals surface area contributed by atoms with Crippen molar-refractivity contribution in [3.8, 4) is 55.6 Å². The zero-order valence-electron chi connectivity index (χ0n) is 48.9. The summed E-state index contributed by atoms with van der Waals surface area (Å²) in [5, 5.41) is 0. The lowest BCUT2D eigenvalue weighted by Crippen LogP contribution is -2.29. The lowest BCUT2D eigenvalue weighted by atomic mass is 9.67. The van der Waals surface area contributed by atoms with Gasteiger partial charge in [0.2, 0.25) is 0 Å². The Bertz CT molecular complexity index is 3980. The average molecular weight is 1230 g/mol. The van der Waals surface area contributed by atoms with Crippen molar-refractivity contribution in [2.24, 2.45) is 0 Å². The molecule has 0 saturated carbocycles. The summed E-state index contributed by atoms with van der Waals surface area (Å²) in [4.78, 5) is 5.11. The Kier molecular flexibility index (Phi) is 14.8. The molecule has 13 rings (SSSR count). The van der Waals surface area contributed by atoms with E-state index in [2.05, 4.69) is 374 Å². The molecule has 0 fully saturated rings. The van der Waals surface area contributed by atoms with E-state index in [1.54, 1.807) is 0 Å². The Balaban J connectivity index is 1.25. The number of benzene rings is 12. The molecular formula is C81H66Br2N2. The molecule has 1 aliphatic carbocycles. The van der Waals surface area contributed by atoms with Crippen LogP contribution in [0.1, 0.15) is 74.9 Å². The third-order valence-electron chi connectivity index (χ3n) is 16.9. The lowest BCUT2D eigenvalue weighted by molar-refractivity contribution is 0.590. The van der Waals surface area contributed by atoms with Crippen LogP contribution in [0.3, 0.4) is 0 Å². The van der Waals surface area contributed by atoms with Crippen LogP contribution >= 0.6 is 31.9 Å². The average Bonchev–Trinajstić information content (AvgIpc) is 2.28. The van der Waals surface area contributed by atoms with Gasteiger partial charge < -0.3 is 9.80 Å². The van der Waals surface area contributed by atoms with Crippen LogP contribution in [0.2, 0.25) is 0 Å². The lowest BCUT2D eigenvalue weighted by Gasteiger charge is -2.38. The molecule has 0 heterocycles. The van der Waals surface area contributed by atoms with Gasteiger partial charge in [-0.2, -0.15) is 0 Å². The fourth-order valence-corrected chi connectivity index (χ4v) is 13.3. The largest absolute Gasteiger partial charge is 0.309 e. The molecule has 12 aromatic carbocycles. The van der Waals surface area contributed by atoms with Crippen molar-refractivity contribution in [2.75, 3.05) is 9.80 Å². The second-order valence-electron chi connectivity index (χ2n) is 24.4. The topological polar surface area (TPSA) is 6.48 Å². The minimum absolute atomic E-state index is 0.174. The first kappa shape index (κ1) is 55.4. The molecule has 0 bridgehead atoms. The van der Waals surface area contributed by atoms with Gasteiger partial charge in [0.15, 0.2) is 0 Å². The van der Waals surface area contributed by atoms with Gasteiger partial charge in [0.1, 0.15) is 0 Å². The summed E-state index contributed by atoms with van der Waals surface area (Å²) >= 11 is 7.78. The van der Waals surface area contributed by atoms with E-state index in [-0.39, 0.29) is 10.8 Å². The first-order valence-electron chi connectivity index (χ1n) is 29.4. The van der Waals surface area contributed by atoms with Crippen LogP contribution < -0.4 is 9.80 Å². The van der Waals surface area contributed by atoms with E-state index in [4.69, 9.17) is 0 Å². The second kappa shape index (κ2) is 22.7. The third-order valence-corrected chi connectivity index (χ3v) is 18.0. The summed E-state index contributed by atoms with van der Waals surface area (Å²) in [6.07, 6.45) is 0. The van der Waals surface area contributed by atoms with Gasteiger partial charge in [-0.25, -0.2) is 0 Å². The van der Waals surface area contributed by atoms with Crippen LogP contribution in [-0.4, -0.2) is 0 Å². The molecule has 0 unspecified atom stereocenters. The summed E-state index contributed by atoms with van der Waals surface area (Å²) in [6, 6.07) is 108. The molecule has 414 valence electrons. The molecule has 0 spiro atoms. The number of halogens is 2. The number of fused-ring (bicyclic) bond motifs is 3. The van der Waals surface area contributed by atoms with Gasteiger partial charge in [-0.3, -0.25) is 0 Å². The van der Waals surface area contributed by atoms with E-state index in [1.165, 1.54) is 38.9 Å². The SMILES string of the molecule is CC(C)(C)c1cc(-c2ccccc2)c(N(c2ccc(Br)cc2)c2cc(N(c3ccc(Br)cc3)c3c(-c4ccccc4)cc(C(C)(C)C)cc3-c3ccccc3)cc(C3(c4ccccc4)c4ccccc4-c4ccccc43)c2)c(-c2ccccc2)c1. The quantitative estimate of drug-likeness (QED) is 0.120. The van der Waals surface area contributed by atoms with Gasteiger partial charge in [0.25, 0.3) is 0 Å². The minimum atomic E-state index is -0.781. The Hall–Kier alpha value is -8.80. The highest BCUT2D eigenvalue weighted by molar-refractivity contribution is 9.10. The number of hydrogen-bond donors (Lipinski definition) is 0. The van der Waals surface area contributed by atoms with Crippen LogP contribution in [0, 0.1) is 0 Å². The maximum absolute atomic E-state index is 3.89. The predicted molar refractivity (Wildman–Crippen MR) is 368 cm³/mol. The summed E-state index contributed by atoms with van der Waals surface area (Å²) in [5.41, 5.74) is 23.9. The van der Waals surface area contributed by atoms with Gasteiger partial charge in [-0.1, -0.05) is 274 Å². The highest BCUT2D eigenvalue weighted by Gasteiger charge is 2.47. The molecule has 2 nitrogen and oxygen atoms in total. The van der Waals surface area contributed by atoms with E-state index < -0.39 is 5.41 Å². The van der Waals surface area contributed by atoms with Crippen LogP contribution in [0.15, 0.2) is 300 Å². The molecule has 0 N–H and O–H groups in total. The number of anilines is 6. The Morgan fingerprint density at radius 2 is 0.565 bits per heavy atom. The second-order valence-corrected chi connectivity index (χ2v) is 26.2. The first-order chi connectivity index (χ1) is 41.3. The smallest absolute Gasteiger partial charge is 0.0715 e. The monoisotopic (exact) mass is 1220 g/mol. The van der Waals surface area contributed by atoms with Crippen molar-refractivity contribution < 1.29 is 0 Å². The molecular weight excluding hydrogens is 1160 g/mol. The van der Waals surface area contributed by atoms with Crippen molar-refractivity contribution in [2.45, 2.75) is 57.8 Å². The van der Waals surface area contributed by atoms with Crippen LogP contribution in [0.25, 0.3) is 55.6 Å². The predicted octanol–water partition coefficient (Wildman–Crippen LogP) is 23.8. The maximum Gasteiger partial charge on any atom is 0.0715 e. The van der Waals surface area contributed by atoms with Gasteiger partial charge >= 0.3 is 0 Å². The van der Waals surface area contributed by atoms with Crippen LogP contribution in [0.5, 0.6) is 0 Å². The van der Waals surface area contributed by atoms with Crippen LogP contribution in [0.4, 0.5) is 34.1 Å². The molecule has 0 amide bonds. The van der Waals surface area contributed by atoms with Crippen LogP contribution in [-0.2, 0) is 16.2 Å². The highest BCUT2D eigenvalue weighted by atomic mass is 79.9.